The van der Waals surface area contributed by atoms with Gasteiger partial charge in [-0.3, -0.25) is 4.79 Å². The van der Waals surface area contributed by atoms with Crippen molar-refractivity contribution >= 4 is 5.97 Å². The second-order valence-corrected chi connectivity index (χ2v) is 4.35. The molecular weight excluding hydrogens is 176 g/mol. The van der Waals surface area contributed by atoms with Crippen LogP contribution in [0, 0.1) is 12.3 Å². The Balaban J connectivity index is 2.79. The molecule has 0 heterocycles. The summed E-state index contributed by atoms with van der Waals surface area (Å²) in [7, 11) is 0. The molecule has 0 aliphatic carbocycles. The first-order valence-electron chi connectivity index (χ1n) is 4.71. The summed E-state index contributed by atoms with van der Waals surface area (Å²) in [6.45, 7) is 5.51. The van der Waals surface area contributed by atoms with Crippen molar-refractivity contribution in [1.82, 2.24) is 0 Å². The fraction of sp³-hybridized carbons (Fsp3) is 0.417. The Labute approximate surface area is 84.6 Å². The zero-order chi connectivity index (χ0) is 10.8. The fourth-order valence-corrected chi connectivity index (χ4v) is 1.29. The van der Waals surface area contributed by atoms with Crippen molar-refractivity contribution in [3.8, 4) is 0 Å². The van der Waals surface area contributed by atoms with Crippen molar-refractivity contribution in [2.75, 3.05) is 0 Å². The predicted octanol–water partition coefficient (Wildman–Crippen LogP) is 2.65. The monoisotopic (exact) mass is 192 g/mol. The smallest absolute Gasteiger partial charge is 0.309 e. The van der Waals surface area contributed by atoms with Gasteiger partial charge in [-0.05, 0) is 32.8 Å². The number of benzene rings is 1. The molecule has 76 valence electrons. The van der Waals surface area contributed by atoms with E-state index in [1.165, 1.54) is 5.56 Å². The third kappa shape index (κ3) is 2.59. The molecule has 0 unspecified atom stereocenters. The van der Waals surface area contributed by atoms with Crippen LogP contribution in [0.4, 0.5) is 0 Å². The zero-order valence-corrected chi connectivity index (χ0v) is 8.87. The summed E-state index contributed by atoms with van der Waals surface area (Å²) < 4.78 is 0. The van der Waals surface area contributed by atoms with Gasteiger partial charge in [-0.1, -0.05) is 29.8 Å². The standard InChI is InChI=1S/C12H16O2/c1-9-4-6-10(7-5-9)8-12(2,3)11(13)14/h4-7H,8H2,1-3H3,(H,13,14). The molecule has 0 saturated carbocycles. The van der Waals surface area contributed by atoms with Crippen molar-refractivity contribution in [3.05, 3.63) is 35.4 Å². The first-order valence-corrected chi connectivity index (χ1v) is 4.71. The summed E-state index contributed by atoms with van der Waals surface area (Å²) in [5.74, 6) is -0.752. The molecule has 1 aromatic carbocycles. The van der Waals surface area contributed by atoms with Crippen LogP contribution >= 0.6 is 0 Å². The third-order valence-electron chi connectivity index (χ3n) is 2.35. The van der Waals surface area contributed by atoms with Gasteiger partial charge in [-0.2, -0.15) is 0 Å². The van der Waals surface area contributed by atoms with Crippen LogP contribution < -0.4 is 0 Å². The number of aryl methyl sites for hydroxylation is 1. The molecule has 1 N–H and O–H groups in total. The van der Waals surface area contributed by atoms with E-state index in [2.05, 4.69) is 0 Å². The van der Waals surface area contributed by atoms with Crippen LogP contribution in [-0.4, -0.2) is 11.1 Å². The van der Waals surface area contributed by atoms with Crippen molar-refractivity contribution in [3.63, 3.8) is 0 Å². The first kappa shape index (κ1) is 10.8. The normalized spacial score (nSPS) is 11.4. The lowest BCUT2D eigenvalue weighted by Gasteiger charge is -2.18. The van der Waals surface area contributed by atoms with Crippen molar-refractivity contribution < 1.29 is 9.90 Å². The van der Waals surface area contributed by atoms with Gasteiger partial charge in [0.15, 0.2) is 0 Å². The molecule has 2 heteroatoms. The van der Waals surface area contributed by atoms with E-state index in [4.69, 9.17) is 5.11 Å². The Morgan fingerprint density at radius 3 is 2.21 bits per heavy atom. The van der Waals surface area contributed by atoms with Gasteiger partial charge in [0.2, 0.25) is 0 Å². The largest absolute Gasteiger partial charge is 0.481 e. The maximum Gasteiger partial charge on any atom is 0.309 e. The van der Waals surface area contributed by atoms with Gasteiger partial charge in [-0.25, -0.2) is 0 Å². The Hall–Kier alpha value is -1.31. The van der Waals surface area contributed by atoms with E-state index in [0.29, 0.717) is 6.42 Å². The maximum atomic E-state index is 10.9. The van der Waals surface area contributed by atoms with Crippen LogP contribution in [0.5, 0.6) is 0 Å². The number of hydrogen-bond acceptors (Lipinski definition) is 1. The van der Waals surface area contributed by atoms with Crippen LogP contribution in [-0.2, 0) is 11.2 Å². The van der Waals surface area contributed by atoms with Crippen LogP contribution in [0.25, 0.3) is 0 Å². The molecule has 0 fully saturated rings. The second-order valence-electron chi connectivity index (χ2n) is 4.35. The fourth-order valence-electron chi connectivity index (χ4n) is 1.29. The van der Waals surface area contributed by atoms with Gasteiger partial charge >= 0.3 is 5.97 Å². The number of carbonyl (C=O) groups is 1. The lowest BCUT2D eigenvalue weighted by Crippen LogP contribution is -2.26. The van der Waals surface area contributed by atoms with E-state index in [1.807, 2.05) is 31.2 Å². The van der Waals surface area contributed by atoms with E-state index >= 15 is 0 Å². The second kappa shape index (κ2) is 3.82. The Kier molecular flexibility index (Phi) is 2.94. The number of aliphatic carboxylic acids is 1. The van der Waals surface area contributed by atoms with Gasteiger partial charge in [0.05, 0.1) is 5.41 Å². The first-order chi connectivity index (χ1) is 6.42. The Morgan fingerprint density at radius 2 is 1.79 bits per heavy atom. The van der Waals surface area contributed by atoms with Gasteiger partial charge in [0.1, 0.15) is 0 Å². The van der Waals surface area contributed by atoms with E-state index in [0.717, 1.165) is 5.56 Å². The number of rotatable bonds is 3. The zero-order valence-electron chi connectivity index (χ0n) is 8.87. The van der Waals surface area contributed by atoms with Crippen molar-refractivity contribution in [2.45, 2.75) is 27.2 Å². The topological polar surface area (TPSA) is 37.3 Å². The van der Waals surface area contributed by atoms with Crippen LogP contribution in [0.2, 0.25) is 0 Å². The highest BCUT2D eigenvalue weighted by molar-refractivity contribution is 5.74. The summed E-state index contributed by atoms with van der Waals surface area (Å²) in [4.78, 5) is 10.9. The van der Waals surface area contributed by atoms with E-state index in [-0.39, 0.29) is 0 Å². The summed E-state index contributed by atoms with van der Waals surface area (Å²) in [5.41, 5.74) is 1.58. The molecule has 0 atom stereocenters. The lowest BCUT2D eigenvalue weighted by atomic mass is 9.86. The molecular formula is C12H16O2. The summed E-state index contributed by atoms with van der Waals surface area (Å²) >= 11 is 0. The average molecular weight is 192 g/mol. The minimum absolute atomic E-state index is 0.572. The molecule has 0 spiro atoms. The highest BCUT2D eigenvalue weighted by Gasteiger charge is 2.26. The molecule has 14 heavy (non-hydrogen) atoms. The highest BCUT2D eigenvalue weighted by Crippen LogP contribution is 2.22. The van der Waals surface area contributed by atoms with E-state index < -0.39 is 11.4 Å². The van der Waals surface area contributed by atoms with E-state index in [1.54, 1.807) is 13.8 Å². The number of carboxylic acids is 1. The molecule has 0 bridgehead atoms. The SMILES string of the molecule is Cc1ccc(CC(C)(C)C(=O)O)cc1. The van der Waals surface area contributed by atoms with Gasteiger partial charge < -0.3 is 5.11 Å². The van der Waals surface area contributed by atoms with Gasteiger partial charge in [0, 0.05) is 0 Å². The molecule has 0 aromatic heterocycles. The van der Waals surface area contributed by atoms with Crippen LogP contribution in [0.15, 0.2) is 24.3 Å². The molecule has 0 saturated heterocycles. The summed E-state index contributed by atoms with van der Waals surface area (Å²) in [6.07, 6.45) is 0.572. The average Bonchev–Trinajstić information content (AvgIpc) is 2.08. The lowest BCUT2D eigenvalue weighted by molar-refractivity contribution is -0.146. The summed E-state index contributed by atoms with van der Waals surface area (Å²) in [6, 6.07) is 7.99. The molecule has 1 aromatic rings. The highest BCUT2D eigenvalue weighted by atomic mass is 16.4. The molecule has 0 radical (unpaired) electrons. The molecule has 2 nitrogen and oxygen atoms in total. The molecule has 0 aliphatic heterocycles. The number of carboxylic acid groups (broad SMARTS) is 1. The minimum atomic E-state index is -0.752. The maximum absolute atomic E-state index is 10.9. The summed E-state index contributed by atoms with van der Waals surface area (Å²) in [5, 5.41) is 8.96. The quantitative estimate of drug-likeness (QED) is 0.799. The van der Waals surface area contributed by atoms with Crippen LogP contribution in [0.1, 0.15) is 25.0 Å². The van der Waals surface area contributed by atoms with E-state index in [9.17, 15) is 4.79 Å². The minimum Gasteiger partial charge on any atom is -0.481 e. The Bertz CT molecular complexity index is 323. The number of hydrogen-bond donors (Lipinski definition) is 1. The van der Waals surface area contributed by atoms with Gasteiger partial charge in [0.25, 0.3) is 0 Å². The van der Waals surface area contributed by atoms with Crippen molar-refractivity contribution in [1.29, 1.82) is 0 Å². The third-order valence-corrected chi connectivity index (χ3v) is 2.35. The molecule has 0 aliphatic rings. The Morgan fingerprint density at radius 1 is 1.29 bits per heavy atom. The van der Waals surface area contributed by atoms with Gasteiger partial charge in [-0.15, -0.1) is 0 Å². The van der Waals surface area contributed by atoms with Crippen molar-refractivity contribution in [2.24, 2.45) is 5.41 Å². The molecule has 0 amide bonds. The van der Waals surface area contributed by atoms with Crippen LogP contribution in [0.3, 0.4) is 0 Å². The predicted molar refractivity (Wildman–Crippen MR) is 56.3 cm³/mol. The molecule has 1 rings (SSSR count).